The second-order valence-corrected chi connectivity index (χ2v) is 4.23. The first kappa shape index (κ1) is 15.1. The monoisotopic (exact) mass is 280 g/mol. The van der Waals surface area contributed by atoms with Gasteiger partial charge in [0.05, 0.1) is 18.6 Å². The minimum absolute atomic E-state index is 0. The van der Waals surface area contributed by atoms with E-state index in [4.69, 9.17) is 4.74 Å². The number of rotatable bonds is 3. The molecule has 0 aliphatic carbocycles. The van der Waals surface area contributed by atoms with Crippen LogP contribution in [0.2, 0.25) is 0 Å². The number of nitrogens with zero attached hydrogens (tertiary/aromatic N) is 1. The first-order chi connectivity index (χ1) is 8.60. The van der Waals surface area contributed by atoms with Gasteiger partial charge in [0.15, 0.2) is 0 Å². The van der Waals surface area contributed by atoms with Gasteiger partial charge in [0.1, 0.15) is 5.75 Å². The predicted octanol–water partition coefficient (Wildman–Crippen LogP) is 1.52. The zero-order valence-electron chi connectivity index (χ0n) is 9.71. The molecular formula is C13H16N2O3S. The van der Waals surface area contributed by atoms with Crippen LogP contribution in [0.25, 0.3) is 0 Å². The van der Waals surface area contributed by atoms with Gasteiger partial charge in [-0.25, -0.2) is 4.79 Å². The molecule has 0 fully saturated rings. The zero-order chi connectivity index (χ0) is 13.1. The lowest BCUT2D eigenvalue weighted by Crippen LogP contribution is -2.30. The number of H-pyrrole nitrogens is 1. The highest BCUT2D eigenvalue weighted by Crippen LogP contribution is 2.11. The van der Waals surface area contributed by atoms with E-state index in [2.05, 4.69) is 17.6 Å². The van der Waals surface area contributed by atoms with E-state index >= 15 is 0 Å². The Morgan fingerprint density at radius 3 is 2.47 bits per heavy atom. The van der Waals surface area contributed by atoms with E-state index in [1.54, 1.807) is 7.11 Å². The lowest BCUT2D eigenvalue weighted by molar-refractivity contribution is 0.414. The van der Waals surface area contributed by atoms with Crippen molar-refractivity contribution in [2.24, 2.45) is 0 Å². The highest BCUT2D eigenvalue weighted by atomic mass is 32.1. The molecule has 0 atom stereocenters. The van der Waals surface area contributed by atoms with Crippen LogP contribution in [0, 0.1) is 0 Å². The summed E-state index contributed by atoms with van der Waals surface area (Å²) in [5.41, 5.74) is 0.000569. The minimum atomic E-state index is -0.477. The lowest BCUT2D eigenvalue weighted by atomic mass is 10.2. The maximum atomic E-state index is 11.6. The van der Waals surface area contributed by atoms with Crippen molar-refractivity contribution < 1.29 is 4.74 Å². The quantitative estimate of drug-likeness (QED) is 0.838. The molecule has 0 saturated carbocycles. The van der Waals surface area contributed by atoms with Gasteiger partial charge in [-0.3, -0.25) is 14.3 Å². The summed E-state index contributed by atoms with van der Waals surface area (Å²) in [4.78, 5) is 25.1. The minimum Gasteiger partial charge on any atom is -0.497 e. The fourth-order valence-electron chi connectivity index (χ4n) is 1.54. The van der Waals surface area contributed by atoms with E-state index in [1.807, 2.05) is 24.3 Å². The molecule has 1 aromatic carbocycles. The van der Waals surface area contributed by atoms with Crippen molar-refractivity contribution in [2.45, 2.75) is 18.9 Å². The topological polar surface area (TPSA) is 64.1 Å². The number of aromatic nitrogens is 2. The zero-order valence-corrected chi connectivity index (χ0v) is 10.6. The smallest absolute Gasteiger partial charge is 0.328 e. The largest absolute Gasteiger partial charge is 0.497 e. The van der Waals surface area contributed by atoms with Crippen molar-refractivity contribution in [3.05, 3.63) is 56.9 Å². The number of methoxy groups -OCH3 is 1. The van der Waals surface area contributed by atoms with Gasteiger partial charge in [-0.05, 0) is 17.7 Å². The van der Waals surface area contributed by atoms with Crippen LogP contribution < -0.4 is 16.0 Å². The van der Waals surface area contributed by atoms with Gasteiger partial charge in [0.25, 0.3) is 5.56 Å². The molecule has 5 nitrogen and oxygen atoms in total. The third-order valence-electron chi connectivity index (χ3n) is 2.50. The van der Waals surface area contributed by atoms with Gasteiger partial charge in [0, 0.05) is 6.20 Å². The van der Waals surface area contributed by atoms with Crippen molar-refractivity contribution in [3.63, 3.8) is 0 Å². The third kappa shape index (κ3) is 3.51. The SMILES string of the molecule is C.COc1ccc(Cn2cc(S)c(=O)[nH]c2=O)cc1. The summed E-state index contributed by atoms with van der Waals surface area (Å²) in [7, 11) is 1.59. The van der Waals surface area contributed by atoms with Crippen LogP contribution in [-0.4, -0.2) is 16.7 Å². The predicted molar refractivity (Wildman–Crippen MR) is 77.4 cm³/mol. The first-order valence-electron chi connectivity index (χ1n) is 5.26. The Balaban J connectivity index is 0.00000180. The van der Waals surface area contributed by atoms with Crippen molar-refractivity contribution in [1.82, 2.24) is 9.55 Å². The molecule has 6 heteroatoms. The number of benzene rings is 1. The van der Waals surface area contributed by atoms with Crippen LogP contribution in [-0.2, 0) is 6.54 Å². The number of ether oxygens (including phenoxy) is 1. The Hall–Kier alpha value is -1.95. The Bertz CT molecular complexity index is 659. The fraction of sp³-hybridized carbons (Fsp3) is 0.231. The van der Waals surface area contributed by atoms with Crippen molar-refractivity contribution in [2.75, 3.05) is 7.11 Å². The van der Waals surface area contributed by atoms with Crippen molar-refractivity contribution in [3.8, 4) is 5.75 Å². The summed E-state index contributed by atoms with van der Waals surface area (Å²) in [6.45, 7) is 0.368. The molecule has 0 aliphatic heterocycles. The lowest BCUT2D eigenvalue weighted by Gasteiger charge is -2.06. The van der Waals surface area contributed by atoms with Gasteiger partial charge in [0.2, 0.25) is 0 Å². The van der Waals surface area contributed by atoms with E-state index in [9.17, 15) is 9.59 Å². The van der Waals surface area contributed by atoms with Crippen LogP contribution in [0.15, 0.2) is 44.9 Å². The Labute approximate surface area is 116 Å². The molecular weight excluding hydrogens is 264 g/mol. The van der Waals surface area contributed by atoms with Gasteiger partial charge in [-0.15, -0.1) is 12.6 Å². The van der Waals surface area contributed by atoms with Crippen LogP contribution in [0.3, 0.4) is 0 Å². The summed E-state index contributed by atoms with van der Waals surface area (Å²) in [5, 5.41) is 0. The molecule has 1 aromatic heterocycles. The molecule has 0 saturated heterocycles. The summed E-state index contributed by atoms with van der Waals surface area (Å²) in [6, 6.07) is 7.34. The fourth-order valence-corrected chi connectivity index (χ4v) is 1.74. The van der Waals surface area contributed by atoms with Gasteiger partial charge < -0.3 is 4.74 Å². The molecule has 0 spiro atoms. The maximum Gasteiger partial charge on any atom is 0.328 e. The van der Waals surface area contributed by atoms with E-state index in [0.717, 1.165) is 11.3 Å². The second-order valence-electron chi connectivity index (χ2n) is 3.75. The third-order valence-corrected chi connectivity index (χ3v) is 2.82. The second kappa shape index (κ2) is 6.29. The van der Waals surface area contributed by atoms with E-state index < -0.39 is 11.2 Å². The number of hydrogen-bond donors (Lipinski definition) is 2. The highest BCUT2D eigenvalue weighted by Gasteiger charge is 2.02. The van der Waals surface area contributed by atoms with Gasteiger partial charge in [-0.1, -0.05) is 19.6 Å². The molecule has 102 valence electrons. The molecule has 2 rings (SSSR count). The molecule has 2 aromatic rings. The number of nitrogens with one attached hydrogen (secondary N) is 1. The van der Waals surface area contributed by atoms with Crippen LogP contribution in [0.5, 0.6) is 5.75 Å². The van der Waals surface area contributed by atoms with E-state index in [-0.39, 0.29) is 12.3 Å². The number of aromatic amines is 1. The summed E-state index contributed by atoms with van der Waals surface area (Å²) < 4.78 is 6.44. The normalized spacial score (nSPS) is 9.79. The average Bonchev–Trinajstić information content (AvgIpc) is 2.37. The molecule has 0 unspecified atom stereocenters. The van der Waals surface area contributed by atoms with Crippen molar-refractivity contribution in [1.29, 1.82) is 0 Å². The molecule has 0 bridgehead atoms. The summed E-state index contributed by atoms with van der Waals surface area (Å²) in [6.07, 6.45) is 1.43. The van der Waals surface area contributed by atoms with Crippen LogP contribution in [0.4, 0.5) is 0 Å². The molecule has 0 amide bonds. The van der Waals surface area contributed by atoms with Gasteiger partial charge >= 0.3 is 5.69 Å². The standard InChI is InChI=1S/C12H12N2O3S.CH4/c1-17-9-4-2-8(3-5-9)6-14-7-10(18)11(15)13-12(14)16;/h2-5,7,18H,6H2,1H3,(H,13,15,16);1H4. The molecule has 1 N–H and O–H groups in total. The first-order valence-corrected chi connectivity index (χ1v) is 5.70. The van der Waals surface area contributed by atoms with Crippen LogP contribution >= 0.6 is 12.6 Å². The molecule has 0 aliphatic rings. The maximum absolute atomic E-state index is 11.6. The number of thiol groups is 1. The van der Waals surface area contributed by atoms with Gasteiger partial charge in [-0.2, -0.15) is 0 Å². The summed E-state index contributed by atoms with van der Waals surface area (Å²) in [5.74, 6) is 0.752. The molecule has 19 heavy (non-hydrogen) atoms. The molecule has 0 radical (unpaired) electrons. The van der Waals surface area contributed by atoms with Crippen molar-refractivity contribution >= 4 is 12.6 Å². The summed E-state index contributed by atoms with van der Waals surface area (Å²) >= 11 is 3.99. The Kier molecular flexibility index (Phi) is 5.00. The Morgan fingerprint density at radius 1 is 1.26 bits per heavy atom. The Morgan fingerprint density at radius 2 is 1.89 bits per heavy atom. The average molecular weight is 280 g/mol. The van der Waals surface area contributed by atoms with Crippen LogP contribution in [0.1, 0.15) is 13.0 Å². The molecule has 1 heterocycles. The van der Waals surface area contributed by atoms with E-state index in [1.165, 1.54) is 10.8 Å². The number of hydrogen-bond acceptors (Lipinski definition) is 4. The van der Waals surface area contributed by atoms with E-state index in [0.29, 0.717) is 6.54 Å². The highest BCUT2D eigenvalue weighted by molar-refractivity contribution is 7.80.